The molecule has 6 nitrogen and oxygen atoms in total. The van der Waals surface area contributed by atoms with Crippen LogP contribution in [0.3, 0.4) is 0 Å². The van der Waals surface area contributed by atoms with Gasteiger partial charge in [-0.3, -0.25) is 4.79 Å². The second-order valence-electron chi connectivity index (χ2n) is 6.70. The van der Waals surface area contributed by atoms with Gasteiger partial charge in [-0.05, 0) is 61.9 Å². The van der Waals surface area contributed by atoms with Crippen molar-refractivity contribution in [3.8, 4) is 11.5 Å². The van der Waals surface area contributed by atoms with Crippen LogP contribution in [0, 0.1) is 0 Å². The number of amides is 1. The molecule has 8 heteroatoms. The first kappa shape index (κ1) is 22.8. The van der Waals surface area contributed by atoms with Crippen LogP contribution >= 0.6 is 11.6 Å². The van der Waals surface area contributed by atoms with Gasteiger partial charge in [0, 0.05) is 25.1 Å². The Kier molecular flexibility index (Phi) is 7.32. The summed E-state index contributed by atoms with van der Waals surface area (Å²) >= 11 is 6.30. The zero-order valence-corrected chi connectivity index (χ0v) is 18.5. The Morgan fingerprint density at radius 3 is 2.31 bits per heavy atom. The van der Waals surface area contributed by atoms with Gasteiger partial charge in [-0.15, -0.1) is 0 Å². The van der Waals surface area contributed by atoms with Crippen molar-refractivity contribution in [3.05, 3.63) is 53.1 Å². The fourth-order valence-electron chi connectivity index (χ4n) is 2.51. The summed E-state index contributed by atoms with van der Waals surface area (Å²) in [5.41, 5.74) is 1.25. The average Bonchev–Trinajstić information content (AvgIpc) is 2.66. The molecule has 0 N–H and O–H groups in total. The third-order valence-corrected chi connectivity index (χ3v) is 5.42. The van der Waals surface area contributed by atoms with E-state index in [2.05, 4.69) is 0 Å². The molecule has 0 aliphatic carbocycles. The molecule has 2 aromatic rings. The van der Waals surface area contributed by atoms with Crippen LogP contribution in [0.2, 0.25) is 5.02 Å². The molecule has 0 bridgehead atoms. The highest BCUT2D eigenvalue weighted by Gasteiger charge is 2.14. The first-order valence-electron chi connectivity index (χ1n) is 8.83. The minimum atomic E-state index is -3.29. The summed E-state index contributed by atoms with van der Waals surface area (Å²) in [6.45, 7) is 3.78. The minimum absolute atomic E-state index is 0.0629. The number of carbonyl (C=O) groups is 1. The number of nitrogens with zero attached hydrogens (tertiary/aromatic N) is 1. The summed E-state index contributed by atoms with van der Waals surface area (Å²) in [7, 11) is -0.160. The van der Waals surface area contributed by atoms with Crippen molar-refractivity contribution in [1.82, 2.24) is 0 Å². The highest BCUT2D eigenvalue weighted by atomic mass is 35.5. The van der Waals surface area contributed by atoms with E-state index in [1.54, 1.807) is 37.4 Å². The maximum atomic E-state index is 12.5. The monoisotopic (exact) mass is 437 g/mol. The van der Waals surface area contributed by atoms with E-state index in [1.807, 2.05) is 13.8 Å². The van der Waals surface area contributed by atoms with E-state index in [1.165, 1.54) is 30.2 Å². The van der Waals surface area contributed by atoms with Gasteiger partial charge in [-0.1, -0.05) is 11.6 Å². The third-order valence-electron chi connectivity index (χ3n) is 4.01. The van der Waals surface area contributed by atoms with Crippen LogP contribution in [-0.4, -0.2) is 40.8 Å². The van der Waals surface area contributed by atoms with Gasteiger partial charge < -0.3 is 14.4 Å². The summed E-state index contributed by atoms with van der Waals surface area (Å²) in [5.74, 6) is 0.647. The summed E-state index contributed by atoms with van der Waals surface area (Å²) in [6.07, 6.45) is 4.10. The summed E-state index contributed by atoms with van der Waals surface area (Å²) < 4.78 is 34.1. The number of methoxy groups -OCH3 is 1. The summed E-state index contributed by atoms with van der Waals surface area (Å²) in [6, 6.07) is 9.52. The van der Waals surface area contributed by atoms with Gasteiger partial charge >= 0.3 is 0 Å². The Labute approximate surface area is 176 Å². The van der Waals surface area contributed by atoms with Crippen LogP contribution in [0.25, 0.3) is 6.08 Å². The van der Waals surface area contributed by atoms with Crippen molar-refractivity contribution in [3.63, 3.8) is 0 Å². The van der Waals surface area contributed by atoms with Crippen LogP contribution in [0.4, 0.5) is 5.69 Å². The van der Waals surface area contributed by atoms with Gasteiger partial charge in [0.2, 0.25) is 0 Å². The van der Waals surface area contributed by atoms with Crippen molar-refractivity contribution in [2.45, 2.75) is 24.8 Å². The summed E-state index contributed by atoms with van der Waals surface area (Å²) in [4.78, 5) is 14.1. The molecule has 0 spiro atoms. The number of halogens is 1. The molecule has 0 aliphatic rings. The molecule has 0 saturated heterocycles. The van der Waals surface area contributed by atoms with Crippen molar-refractivity contribution in [1.29, 1.82) is 0 Å². The van der Waals surface area contributed by atoms with Gasteiger partial charge in [0.1, 0.15) is 0 Å². The maximum Gasteiger partial charge on any atom is 0.250 e. The van der Waals surface area contributed by atoms with Gasteiger partial charge in [0.25, 0.3) is 5.91 Å². The Morgan fingerprint density at radius 2 is 1.79 bits per heavy atom. The zero-order valence-electron chi connectivity index (χ0n) is 17.0. The number of ether oxygens (including phenoxy) is 2. The molecule has 156 valence electrons. The van der Waals surface area contributed by atoms with Gasteiger partial charge in [-0.25, -0.2) is 8.42 Å². The molecule has 0 radical (unpaired) electrons. The highest BCUT2D eigenvalue weighted by molar-refractivity contribution is 7.90. The second-order valence-corrected chi connectivity index (χ2v) is 9.12. The van der Waals surface area contributed by atoms with E-state index in [0.29, 0.717) is 27.8 Å². The lowest BCUT2D eigenvalue weighted by Crippen LogP contribution is -2.23. The fraction of sp³-hybridized carbons (Fsp3) is 0.286. The van der Waals surface area contributed by atoms with Crippen LogP contribution in [0.15, 0.2) is 47.4 Å². The Bertz CT molecular complexity index is 1010. The standard InChI is InChI=1S/C21H24ClNO5S/c1-14(2)28-21-18(22)12-15(13-19(21)27-4)6-11-20(24)23(3)16-7-9-17(10-8-16)29(5,25)26/h6-14H,1-5H3/b11-6+. The van der Waals surface area contributed by atoms with E-state index in [-0.39, 0.29) is 16.9 Å². The largest absolute Gasteiger partial charge is 0.493 e. The van der Waals surface area contributed by atoms with E-state index in [0.717, 1.165) is 6.26 Å². The number of rotatable bonds is 7. The quantitative estimate of drug-likeness (QED) is 0.606. The number of hydrogen-bond donors (Lipinski definition) is 0. The van der Waals surface area contributed by atoms with E-state index < -0.39 is 9.84 Å². The van der Waals surface area contributed by atoms with Crippen molar-refractivity contribution >= 4 is 39.1 Å². The van der Waals surface area contributed by atoms with Gasteiger partial charge in [0.05, 0.1) is 23.1 Å². The number of hydrogen-bond acceptors (Lipinski definition) is 5. The van der Waals surface area contributed by atoms with E-state index in [9.17, 15) is 13.2 Å². The molecule has 0 aliphatic heterocycles. The Balaban J connectivity index is 2.20. The molecular formula is C21H24ClNO5S. The van der Waals surface area contributed by atoms with Crippen LogP contribution < -0.4 is 14.4 Å². The van der Waals surface area contributed by atoms with Crippen LogP contribution in [0.1, 0.15) is 19.4 Å². The molecule has 0 heterocycles. The molecule has 0 atom stereocenters. The molecule has 0 fully saturated rings. The normalized spacial score (nSPS) is 11.7. The van der Waals surface area contributed by atoms with Gasteiger partial charge in [-0.2, -0.15) is 0 Å². The molecule has 0 saturated carbocycles. The minimum Gasteiger partial charge on any atom is -0.493 e. The number of anilines is 1. The van der Waals surface area contributed by atoms with Crippen molar-refractivity contribution < 1.29 is 22.7 Å². The van der Waals surface area contributed by atoms with Crippen LogP contribution in [-0.2, 0) is 14.6 Å². The smallest absolute Gasteiger partial charge is 0.250 e. The predicted octanol–water partition coefficient (Wildman–Crippen LogP) is 4.22. The molecule has 0 unspecified atom stereocenters. The second kappa shape index (κ2) is 9.33. The first-order chi connectivity index (χ1) is 13.5. The predicted molar refractivity (Wildman–Crippen MR) is 116 cm³/mol. The molecule has 0 aromatic heterocycles. The van der Waals surface area contributed by atoms with Crippen molar-refractivity contribution in [2.75, 3.05) is 25.3 Å². The highest BCUT2D eigenvalue weighted by Crippen LogP contribution is 2.37. The number of carbonyl (C=O) groups excluding carboxylic acids is 1. The molecule has 29 heavy (non-hydrogen) atoms. The number of benzene rings is 2. The lowest BCUT2D eigenvalue weighted by Gasteiger charge is -2.16. The fourth-order valence-corrected chi connectivity index (χ4v) is 3.40. The molecule has 2 rings (SSSR count). The number of likely N-dealkylation sites (N-methyl/N-ethyl adjacent to an activating group) is 1. The van der Waals surface area contributed by atoms with E-state index >= 15 is 0 Å². The van der Waals surface area contributed by atoms with Gasteiger partial charge in [0.15, 0.2) is 21.3 Å². The molecule has 2 aromatic carbocycles. The number of sulfone groups is 1. The summed E-state index contributed by atoms with van der Waals surface area (Å²) in [5, 5.41) is 0.384. The lowest BCUT2D eigenvalue weighted by atomic mass is 10.1. The zero-order chi connectivity index (χ0) is 21.8. The topological polar surface area (TPSA) is 72.9 Å². The third kappa shape index (κ3) is 5.98. The Hall–Kier alpha value is -2.51. The maximum absolute atomic E-state index is 12.5. The first-order valence-corrected chi connectivity index (χ1v) is 11.1. The molecule has 1 amide bonds. The van der Waals surface area contributed by atoms with E-state index in [4.69, 9.17) is 21.1 Å². The molecular weight excluding hydrogens is 414 g/mol. The average molecular weight is 438 g/mol. The Morgan fingerprint density at radius 1 is 1.17 bits per heavy atom. The van der Waals surface area contributed by atoms with Crippen LogP contribution in [0.5, 0.6) is 11.5 Å². The lowest BCUT2D eigenvalue weighted by molar-refractivity contribution is -0.113. The SMILES string of the molecule is COc1cc(/C=C/C(=O)N(C)c2ccc(S(C)(=O)=O)cc2)cc(Cl)c1OC(C)C. The van der Waals surface area contributed by atoms with Crippen molar-refractivity contribution in [2.24, 2.45) is 0 Å².